The molecule has 9 nitrogen and oxygen atoms in total. The molecular formula is C20H23N7O2S. The minimum Gasteiger partial charge on any atom is -0.353 e. The second-order valence-corrected chi connectivity index (χ2v) is 8.28. The molecule has 0 radical (unpaired) electrons. The summed E-state index contributed by atoms with van der Waals surface area (Å²) in [5.74, 6) is 0.582. The van der Waals surface area contributed by atoms with Crippen LogP contribution in [0.4, 0.5) is 10.9 Å². The number of piperazine rings is 1. The van der Waals surface area contributed by atoms with Crippen molar-refractivity contribution < 1.29 is 9.59 Å². The predicted molar refractivity (Wildman–Crippen MR) is 113 cm³/mol. The maximum atomic E-state index is 12.6. The van der Waals surface area contributed by atoms with E-state index >= 15 is 0 Å². The van der Waals surface area contributed by atoms with E-state index in [-0.39, 0.29) is 18.4 Å². The van der Waals surface area contributed by atoms with E-state index in [1.807, 2.05) is 18.2 Å². The fraction of sp³-hybridized carbons (Fsp3) is 0.450. The first kappa shape index (κ1) is 20.3. The topological polar surface area (TPSA) is 114 Å². The number of pyridine rings is 1. The molecule has 2 N–H and O–H groups in total. The fourth-order valence-electron chi connectivity index (χ4n) is 3.80. The van der Waals surface area contributed by atoms with Gasteiger partial charge < -0.3 is 15.5 Å². The Hall–Kier alpha value is -3.03. The molecule has 2 aromatic heterocycles. The zero-order valence-corrected chi connectivity index (χ0v) is 17.3. The highest BCUT2D eigenvalue weighted by molar-refractivity contribution is 7.14. The molecule has 0 bridgehead atoms. The van der Waals surface area contributed by atoms with Crippen molar-refractivity contribution in [2.45, 2.75) is 18.8 Å². The van der Waals surface area contributed by atoms with Crippen LogP contribution in [-0.4, -0.2) is 70.9 Å². The number of amides is 2. The number of rotatable bonds is 5. The molecule has 2 aliphatic heterocycles. The van der Waals surface area contributed by atoms with Crippen molar-refractivity contribution in [1.82, 2.24) is 25.1 Å². The van der Waals surface area contributed by atoms with Gasteiger partial charge in [-0.2, -0.15) is 5.26 Å². The maximum Gasteiger partial charge on any atom is 0.273 e. The summed E-state index contributed by atoms with van der Waals surface area (Å²) in [7, 11) is 0. The monoisotopic (exact) mass is 425 g/mol. The number of carbonyl (C=O) groups is 2. The van der Waals surface area contributed by atoms with Crippen LogP contribution >= 0.6 is 11.3 Å². The zero-order valence-electron chi connectivity index (χ0n) is 16.5. The van der Waals surface area contributed by atoms with Crippen LogP contribution in [0, 0.1) is 11.3 Å². The van der Waals surface area contributed by atoms with E-state index in [1.165, 1.54) is 16.2 Å². The van der Waals surface area contributed by atoms with Crippen molar-refractivity contribution in [2.75, 3.05) is 44.6 Å². The van der Waals surface area contributed by atoms with Gasteiger partial charge in [-0.3, -0.25) is 14.5 Å². The summed E-state index contributed by atoms with van der Waals surface area (Å²) in [5, 5.41) is 17.1. The number of hydrogen-bond acceptors (Lipinski definition) is 8. The van der Waals surface area contributed by atoms with Crippen LogP contribution in [0.2, 0.25) is 0 Å². The Kier molecular flexibility index (Phi) is 6.21. The summed E-state index contributed by atoms with van der Waals surface area (Å²) in [6, 6.07) is 8.07. The Morgan fingerprint density at radius 2 is 2.27 bits per heavy atom. The van der Waals surface area contributed by atoms with Crippen LogP contribution in [0.5, 0.6) is 0 Å². The summed E-state index contributed by atoms with van der Waals surface area (Å²) >= 11 is 1.33. The zero-order chi connectivity index (χ0) is 20.9. The SMILES string of the molecule is N#CCN1CCC[C@@H](c2cccc(Nc3nc(C(=O)N4CCNC(=O)C4)cs3)n2)C1. The molecule has 156 valence electrons. The number of carbonyl (C=O) groups excluding carboxylic acids is 2. The third-order valence-corrected chi connectivity index (χ3v) is 6.03. The van der Waals surface area contributed by atoms with E-state index in [1.54, 1.807) is 5.38 Å². The molecular weight excluding hydrogens is 402 g/mol. The van der Waals surface area contributed by atoms with Gasteiger partial charge in [0.15, 0.2) is 5.13 Å². The Bertz CT molecular complexity index is 970. The van der Waals surface area contributed by atoms with Gasteiger partial charge in [-0.1, -0.05) is 6.07 Å². The molecule has 2 aromatic rings. The highest BCUT2D eigenvalue weighted by Gasteiger charge is 2.25. The summed E-state index contributed by atoms with van der Waals surface area (Å²) < 4.78 is 0. The lowest BCUT2D eigenvalue weighted by Gasteiger charge is -2.30. The standard InChI is InChI=1S/C20H23N7O2S/c21-6-9-26-8-2-3-14(11-26)15-4-1-5-17(23-15)25-20-24-16(13-30-20)19(29)27-10-7-22-18(28)12-27/h1,4-5,13-14H,2-3,7-12H2,(H,22,28)(H,23,24,25)/t14-/m1/s1. The number of piperidine rings is 1. The van der Waals surface area contributed by atoms with Crippen molar-refractivity contribution in [2.24, 2.45) is 0 Å². The van der Waals surface area contributed by atoms with Gasteiger partial charge in [0.05, 0.1) is 19.2 Å². The first-order valence-corrected chi connectivity index (χ1v) is 10.8. The first-order chi connectivity index (χ1) is 14.6. The molecule has 0 spiro atoms. The summed E-state index contributed by atoms with van der Waals surface area (Å²) in [6.07, 6.45) is 2.11. The van der Waals surface area contributed by atoms with E-state index in [9.17, 15) is 9.59 Å². The molecule has 1 atom stereocenters. The van der Waals surface area contributed by atoms with Gasteiger partial charge >= 0.3 is 0 Å². The van der Waals surface area contributed by atoms with Crippen molar-refractivity contribution in [3.05, 3.63) is 35.0 Å². The van der Waals surface area contributed by atoms with Crippen LogP contribution in [0.25, 0.3) is 0 Å². The minimum absolute atomic E-state index is 0.0624. The lowest BCUT2D eigenvalue weighted by molar-refractivity contribution is -0.123. The molecule has 2 fully saturated rings. The summed E-state index contributed by atoms with van der Waals surface area (Å²) in [4.78, 5) is 36.9. The van der Waals surface area contributed by atoms with Gasteiger partial charge in [0, 0.05) is 36.6 Å². The predicted octanol–water partition coefficient (Wildman–Crippen LogP) is 1.56. The van der Waals surface area contributed by atoms with Crippen molar-refractivity contribution in [3.8, 4) is 6.07 Å². The third kappa shape index (κ3) is 4.75. The van der Waals surface area contributed by atoms with Crippen LogP contribution in [0.1, 0.15) is 34.9 Å². The Balaban J connectivity index is 1.42. The lowest BCUT2D eigenvalue weighted by atomic mass is 9.94. The summed E-state index contributed by atoms with van der Waals surface area (Å²) in [5.41, 5.74) is 1.32. The quantitative estimate of drug-likeness (QED) is 0.699. The van der Waals surface area contributed by atoms with E-state index < -0.39 is 0 Å². The van der Waals surface area contributed by atoms with Crippen LogP contribution < -0.4 is 10.6 Å². The normalized spacial score (nSPS) is 19.8. The second-order valence-electron chi connectivity index (χ2n) is 7.42. The van der Waals surface area contributed by atoms with Gasteiger partial charge in [-0.05, 0) is 31.5 Å². The van der Waals surface area contributed by atoms with Crippen molar-refractivity contribution in [3.63, 3.8) is 0 Å². The van der Waals surface area contributed by atoms with Gasteiger partial charge in [-0.15, -0.1) is 11.3 Å². The first-order valence-electron chi connectivity index (χ1n) is 9.97. The molecule has 4 rings (SSSR count). The number of anilines is 2. The molecule has 0 aliphatic carbocycles. The number of likely N-dealkylation sites (tertiary alicyclic amines) is 1. The second kappa shape index (κ2) is 9.19. The number of aromatic nitrogens is 2. The molecule has 10 heteroatoms. The number of nitrogens with zero attached hydrogens (tertiary/aromatic N) is 5. The molecule has 2 aliphatic rings. The molecule has 30 heavy (non-hydrogen) atoms. The van der Waals surface area contributed by atoms with Gasteiger partial charge in [0.2, 0.25) is 5.91 Å². The van der Waals surface area contributed by atoms with Gasteiger partial charge in [-0.25, -0.2) is 9.97 Å². The molecule has 4 heterocycles. The molecule has 2 saturated heterocycles. The molecule has 0 unspecified atom stereocenters. The fourth-order valence-corrected chi connectivity index (χ4v) is 4.49. The highest BCUT2D eigenvalue weighted by Crippen LogP contribution is 2.27. The molecule has 0 aromatic carbocycles. The number of thiazole rings is 1. The van der Waals surface area contributed by atoms with E-state index in [2.05, 4.69) is 26.6 Å². The highest BCUT2D eigenvalue weighted by atomic mass is 32.1. The Morgan fingerprint density at radius 1 is 1.37 bits per heavy atom. The number of nitrogens with one attached hydrogen (secondary N) is 2. The largest absolute Gasteiger partial charge is 0.353 e. The Morgan fingerprint density at radius 3 is 3.10 bits per heavy atom. The minimum atomic E-state index is -0.240. The molecule has 0 saturated carbocycles. The van der Waals surface area contributed by atoms with Crippen molar-refractivity contribution in [1.29, 1.82) is 5.26 Å². The average molecular weight is 426 g/mol. The Labute approximate surface area is 178 Å². The third-order valence-electron chi connectivity index (χ3n) is 5.27. The smallest absolute Gasteiger partial charge is 0.273 e. The average Bonchev–Trinajstić information content (AvgIpc) is 3.22. The van der Waals surface area contributed by atoms with Crippen molar-refractivity contribution >= 4 is 34.1 Å². The lowest BCUT2D eigenvalue weighted by Crippen LogP contribution is -2.50. The summed E-state index contributed by atoms with van der Waals surface area (Å²) in [6.45, 7) is 3.25. The van der Waals surface area contributed by atoms with Crippen LogP contribution in [-0.2, 0) is 4.79 Å². The van der Waals surface area contributed by atoms with Crippen LogP contribution in [0.3, 0.4) is 0 Å². The van der Waals surface area contributed by atoms with E-state index in [0.717, 1.165) is 31.6 Å². The number of nitriles is 1. The molecule has 2 amide bonds. The number of hydrogen-bond donors (Lipinski definition) is 2. The maximum absolute atomic E-state index is 12.6. The van der Waals surface area contributed by atoms with Crippen LogP contribution in [0.15, 0.2) is 23.6 Å². The van der Waals surface area contributed by atoms with E-state index in [0.29, 0.717) is 42.2 Å². The van der Waals surface area contributed by atoms with Gasteiger partial charge in [0.1, 0.15) is 11.5 Å². The van der Waals surface area contributed by atoms with Gasteiger partial charge in [0.25, 0.3) is 5.91 Å². The van der Waals surface area contributed by atoms with E-state index in [4.69, 9.17) is 10.2 Å².